The van der Waals surface area contributed by atoms with Gasteiger partial charge in [-0.05, 0) is 18.9 Å². The van der Waals surface area contributed by atoms with E-state index in [1.807, 2.05) is 12.1 Å². The molecule has 0 spiro atoms. The van der Waals surface area contributed by atoms with Gasteiger partial charge in [0.25, 0.3) is 0 Å². The van der Waals surface area contributed by atoms with Gasteiger partial charge in [-0.15, -0.1) is 0 Å². The Morgan fingerprint density at radius 1 is 1.58 bits per heavy atom. The van der Waals surface area contributed by atoms with Crippen LogP contribution in [-0.2, 0) is 5.54 Å². The predicted octanol–water partition coefficient (Wildman–Crippen LogP) is 1.04. The lowest BCUT2D eigenvalue weighted by atomic mass is 10.1. The minimum Gasteiger partial charge on any atom is -0.481 e. The topological polar surface area (TPSA) is 48.1 Å². The van der Waals surface area contributed by atoms with Crippen LogP contribution in [0.25, 0.3) is 0 Å². The van der Waals surface area contributed by atoms with Crippen molar-refractivity contribution < 1.29 is 4.74 Å². The van der Waals surface area contributed by atoms with E-state index in [1.165, 1.54) is 0 Å². The molecule has 3 nitrogen and oxygen atoms in total. The normalized spacial score (nSPS) is 18.8. The highest BCUT2D eigenvalue weighted by Crippen LogP contribution is 2.45. The molecule has 1 aromatic heterocycles. The van der Waals surface area contributed by atoms with Crippen molar-refractivity contribution >= 4 is 0 Å². The number of ether oxygens (including phenoxy) is 1. The molecule has 0 atom stereocenters. The number of hydrogen-bond donors (Lipinski definition) is 1. The number of rotatable bonds is 2. The summed E-state index contributed by atoms with van der Waals surface area (Å²) in [5, 5.41) is 0. The van der Waals surface area contributed by atoms with E-state index in [4.69, 9.17) is 10.5 Å². The van der Waals surface area contributed by atoms with Gasteiger partial charge in [0.2, 0.25) is 5.88 Å². The van der Waals surface area contributed by atoms with Crippen LogP contribution in [0.15, 0.2) is 18.3 Å². The second-order valence-corrected chi connectivity index (χ2v) is 3.22. The standard InChI is InChI=1S/C9H12N2O/c1-12-8-7(3-2-6-11-8)9(10)4-5-9/h2-3,6H,4-5,10H2,1H3. The van der Waals surface area contributed by atoms with Crippen LogP contribution in [0.3, 0.4) is 0 Å². The molecule has 0 bridgehead atoms. The van der Waals surface area contributed by atoms with Crippen LogP contribution in [0.1, 0.15) is 18.4 Å². The molecule has 1 fully saturated rings. The minimum atomic E-state index is -0.153. The van der Waals surface area contributed by atoms with Crippen LogP contribution in [-0.4, -0.2) is 12.1 Å². The quantitative estimate of drug-likeness (QED) is 0.710. The zero-order chi connectivity index (χ0) is 8.60. The van der Waals surface area contributed by atoms with Crippen molar-refractivity contribution in [3.8, 4) is 5.88 Å². The van der Waals surface area contributed by atoms with Gasteiger partial charge in [0, 0.05) is 17.3 Å². The van der Waals surface area contributed by atoms with Gasteiger partial charge in [-0.2, -0.15) is 0 Å². The fourth-order valence-electron chi connectivity index (χ4n) is 1.34. The highest BCUT2D eigenvalue weighted by Gasteiger charge is 2.42. The SMILES string of the molecule is COc1ncccc1C1(N)CC1. The van der Waals surface area contributed by atoms with Crippen molar-refractivity contribution in [1.82, 2.24) is 4.98 Å². The first kappa shape index (κ1) is 7.55. The number of methoxy groups -OCH3 is 1. The Balaban J connectivity index is 2.42. The average Bonchev–Trinajstić information content (AvgIpc) is 2.85. The Morgan fingerprint density at radius 2 is 2.33 bits per heavy atom. The summed E-state index contributed by atoms with van der Waals surface area (Å²) >= 11 is 0. The summed E-state index contributed by atoms with van der Waals surface area (Å²) in [6, 6.07) is 3.88. The molecule has 1 aliphatic carbocycles. The molecule has 12 heavy (non-hydrogen) atoms. The van der Waals surface area contributed by atoms with Crippen LogP contribution in [0.2, 0.25) is 0 Å². The molecular weight excluding hydrogens is 152 g/mol. The molecule has 0 amide bonds. The Labute approximate surface area is 71.6 Å². The van der Waals surface area contributed by atoms with Gasteiger partial charge in [0.05, 0.1) is 7.11 Å². The van der Waals surface area contributed by atoms with E-state index in [0.29, 0.717) is 5.88 Å². The Hall–Kier alpha value is -1.09. The van der Waals surface area contributed by atoms with Gasteiger partial charge in [-0.1, -0.05) is 6.07 Å². The molecule has 0 saturated heterocycles. The zero-order valence-corrected chi connectivity index (χ0v) is 7.08. The van der Waals surface area contributed by atoms with Crippen molar-refractivity contribution in [2.45, 2.75) is 18.4 Å². The molecule has 1 aliphatic rings. The number of nitrogens with two attached hydrogens (primary N) is 1. The highest BCUT2D eigenvalue weighted by atomic mass is 16.5. The molecule has 1 aromatic rings. The summed E-state index contributed by atoms with van der Waals surface area (Å²) < 4.78 is 5.12. The summed E-state index contributed by atoms with van der Waals surface area (Å²) in [5.74, 6) is 0.664. The van der Waals surface area contributed by atoms with Gasteiger partial charge >= 0.3 is 0 Å². The van der Waals surface area contributed by atoms with E-state index < -0.39 is 0 Å². The van der Waals surface area contributed by atoms with Crippen LogP contribution in [0.5, 0.6) is 5.88 Å². The van der Waals surface area contributed by atoms with Gasteiger partial charge in [0.1, 0.15) is 0 Å². The van der Waals surface area contributed by atoms with E-state index in [-0.39, 0.29) is 5.54 Å². The van der Waals surface area contributed by atoms with Gasteiger partial charge in [0.15, 0.2) is 0 Å². The largest absolute Gasteiger partial charge is 0.481 e. The third-order valence-electron chi connectivity index (χ3n) is 2.29. The second-order valence-electron chi connectivity index (χ2n) is 3.22. The molecule has 3 heteroatoms. The summed E-state index contributed by atoms with van der Waals surface area (Å²) in [4.78, 5) is 4.10. The number of hydrogen-bond acceptors (Lipinski definition) is 3. The number of aromatic nitrogens is 1. The molecule has 1 heterocycles. The first-order valence-electron chi connectivity index (χ1n) is 4.05. The van der Waals surface area contributed by atoms with Crippen molar-refractivity contribution in [2.75, 3.05) is 7.11 Å². The van der Waals surface area contributed by atoms with Crippen LogP contribution >= 0.6 is 0 Å². The lowest BCUT2D eigenvalue weighted by molar-refractivity contribution is 0.387. The van der Waals surface area contributed by atoms with E-state index >= 15 is 0 Å². The van der Waals surface area contributed by atoms with Gasteiger partial charge in [-0.3, -0.25) is 0 Å². The van der Waals surface area contributed by atoms with Crippen LogP contribution in [0.4, 0.5) is 0 Å². The van der Waals surface area contributed by atoms with Crippen LogP contribution in [0, 0.1) is 0 Å². The fraction of sp³-hybridized carbons (Fsp3) is 0.444. The maximum absolute atomic E-state index is 6.02. The zero-order valence-electron chi connectivity index (χ0n) is 7.08. The van der Waals surface area contributed by atoms with E-state index in [2.05, 4.69) is 4.98 Å². The van der Waals surface area contributed by atoms with E-state index in [0.717, 1.165) is 18.4 Å². The Bertz CT molecular complexity index is 294. The first-order valence-corrected chi connectivity index (χ1v) is 4.05. The molecular formula is C9H12N2O. The molecule has 2 rings (SSSR count). The average molecular weight is 164 g/mol. The summed E-state index contributed by atoms with van der Waals surface area (Å²) in [5.41, 5.74) is 6.91. The van der Waals surface area contributed by atoms with Gasteiger partial charge < -0.3 is 10.5 Å². The lowest BCUT2D eigenvalue weighted by Crippen LogP contribution is -2.19. The van der Waals surface area contributed by atoms with Crippen molar-refractivity contribution in [1.29, 1.82) is 0 Å². The molecule has 0 aromatic carbocycles. The second kappa shape index (κ2) is 2.45. The molecule has 2 N–H and O–H groups in total. The molecule has 0 unspecified atom stereocenters. The van der Waals surface area contributed by atoms with Crippen molar-refractivity contribution in [3.05, 3.63) is 23.9 Å². The monoisotopic (exact) mass is 164 g/mol. The molecule has 1 saturated carbocycles. The molecule has 0 radical (unpaired) electrons. The molecule has 0 aliphatic heterocycles. The first-order chi connectivity index (χ1) is 5.76. The van der Waals surface area contributed by atoms with E-state index in [1.54, 1.807) is 13.3 Å². The number of nitrogens with zero attached hydrogens (tertiary/aromatic N) is 1. The molecule has 64 valence electrons. The minimum absolute atomic E-state index is 0.153. The van der Waals surface area contributed by atoms with Gasteiger partial charge in [-0.25, -0.2) is 4.98 Å². The third-order valence-corrected chi connectivity index (χ3v) is 2.29. The summed E-state index contributed by atoms with van der Waals surface area (Å²) in [6.07, 6.45) is 3.79. The maximum atomic E-state index is 6.02. The smallest absolute Gasteiger partial charge is 0.218 e. The predicted molar refractivity (Wildman–Crippen MR) is 45.9 cm³/mol. The number of pyridine rings is 1. The Morgan fingerprint density at radius 3 is 2.92 bits per heavy atom. The Kier molecular flexibility index (Phi) is 1.54. The lowest BCUT2D eigenvalue weighted by Gasteiger charge is -2.11. The fourth-order valence-corrected chi connectivity index (χ4v) is 1.34. The van der Waals surface area contributed by atoms with Crippen molar-refractivity contribution in [3.63, 3.8) is 0 Å². The van der Waals surface area contributed by atoms with E-state index in [9.17, 15) is 0 Å². The van der Waals surface area contributed by atoms with Crippen molar-refractivity contribution in [2.24, 2.45) is 5.73 Å². The third kappa shape index (κ3) is 1.06. The summed E-state index contributed by atoms with van der Waals surface area (Å²) in [7, 11) is 1.62. The summed E-state index contributed by atoms with van der Waals surface area (Å²) in [6.45, 7) is 0. The maximum Gasteiger partial charge on any atom is 0.218 e. The van der Waals surface area contributed by atoms with Crippen LogP contribution < -0.4 is 10.5 Å². The highest BCUT2D eigenvalue weighted by molar-refractivity contribution is 5.36.